The number of benzene rings is 2. The number of hydrogen-bond donors (Lipinski definition) is 4. The first-order valence-electron chi connectivity index (χ1n) is 12.1. The molecule has 1 heterocycles. The van der Waals surface area contributed by atoms with Gasteiger partial charge in [-0.2, -0.15) is 0 Å². The molecule has 9 heteroatoms. The fraction of sp³-hybridized carbons (Fsp3) is 0.393. The van der Waals surface area contributed by atoms with Gasteiger partial charge >= 0.3 is 5.97 Å². The number of nitrogens with one attached hydrogen (secondary N) is 1. The summed E-state index contributed by atoms with van der Waals surface area (Å²) in [5.74, 6) is -2.60. The van der Waals surface area contributed by atoms with Crippen molar-refractivity contribution in [2.75, 3.05) is 7.11 Å². The molecule has 0 aliphatic rings. The molecule has 4 N–H and O–H groups in total. The molecule has 0 saturated carbocycles. The maximum absolute atomic E-state index is 13.5. The quantitative estimate of drug-likeness (QED) is 0.257. The van der Waals surface area contributed by atoms with E-state index in [-0.39, 0.29) is 45.3 Å². The highest BCUT2D eigenvalue weighted by atomic mass is 16.5. The molecular weight excluding hydrogens is 478 g/mol. The maximum atomic E-state index is 13.5. The topological polar surface area (TPSA) is 146 Å². The molecule has 1 atom stereocenters. The molecule has 0 fully saturated rings. The van der Waals surface area contributed by atoms with Crippen molar-refractivity contribution >= 4 is 22.8 Å². The summed E-state index contributed by atoms with van der Waals surface area (Å²) in [7, 11) is 1.26. The van der Waals surface area contributed by atoms with Gasteiger partial charge in [0.25, 0.3) is 5.91 Å². The number of hydrogen-bond acceptors (Lipinski definition) is 8. The Morgan fingerprint density at radius 1 is 0.973 bits per heavy atom. The number of carbonyl (C=O) groups is 2. The highest BCUT2D eigenvalue weighted by molar-refractivity contribution is 5.98. The van der Waals surface area contributed by atoms with Gasteiger partial charge in [-0.15, -0.1) is 0 Å². The van der Waals surface area contributed by atoms with E-state index in [1.807, 2.05) is 27.7 Å². The number of aromatic hydroxyl groups is 3. The van der Waals surface area contributed by atoms with Crippen LogP contribution in [0.25, 0.3) is 22.1 Å². The number of aryl methyl sites for hydroxylation is 1. The lowest BCUT2D eigenvalue weighted by Crippen LogP contribution is -2.42. The van der Waals surface area contributed by atoms with Crippen LogP contribution in [-0.4, -0.2) is 40.3 Å². The molecule has 3 aromatic rings. The predicted octanol–water partition coefficient (Wildman–Crippen LogP) is 4.40. The van der Waals surface area contributed by atoms with Gasteiger partial charge in [0.2, 0.25) is 11.2 Å². The molecule has 0 radical (unpaired) electrons. The van der Waals surface area contributed by atoms with Gasteiger partial charge in [-0.3, -0.25) is 9.59 Å². The van der Waals surface area contributed by atoms with Crippen LogP contribution in [0.3, 0.4) is 0 Å². The number of rotatable bonds is 8. The van der Waals surface area contributed by atoms with Crippen molar-refractivity contribution < 1.29 is 34.1 Å². The van der Waals surface area contributed by atoms with Crippen LogP contribution in [0.1, 0.15) is 55.8 Å². The minimum absolute atomic E-state index is 0.0164. The molecular formula is C28H33NO8. The summed E-state index contributed by atoms with van der Waals surface area (Å²) in [6.07, 6.45) is 0.726. The van der Waals surface area contributed by atoms with Gasteiger partial charge in [-0.25, -0.2) is 4.79 Å². The Balaban J connectivity index is 2.04. The highest BCUT2D eigenvalue weighted by Crippen LogP contribution is 2.45. The van der Waals surface area contributed by atoms with E-state index in [0.29, 0.717) is 18.4 Å². The molecule has 198 valence electrons. The lowest BCUT2D eigenvalue weighted by molar-refractivity contribution is -0.143. The third-order valence-corrected chi connectivity index (χ3v) is 6.08. The normalized spacial score (nSPS) is 12.2. The van der Waals surface area contributed by atoms with Crippen molar-refractivity contribution in [2.24, 2.45) is 11.8 Å². The minimum Gasteiger partial charge on any atom is -0.504 e. The van der Waals surface area contributed by atoms with Crippen LogP contribution < -0.4 is 10.7 Å². The van der Waals surface area contributed by atoms with Gasteiger partial charge in [-0.05, 0) is 49.3 Å². The number of fused-ring (bicyclic) bond motifs is 1. The number of phenolic OH excluding ortho intramolecular Hbond substituents is 3. The Hall–Kier alpha value is -4.01. The van der Waals surface area contributed by atoms with Crippen LogP contribution in [0.2, 0.25) is 0 Å². The number of methoxy groups -OCH3 is 1. The summed E-state index contributed by atoms with van der Waals surface area (Å²) < 4.78 is 10.7. The van der Waals surface area contributed by atoms with E-state index in [0.717, 1.165) is 0 Å². The highest BCUT2D eigenvalue weighted by Gasteiger charge is 2.26. The monoisotopic (exact) mass is 511 g/mol. The molecule has 1 aromatic heterocycles. The number of ether oxygens (including phenoxy) is 1. The van der Waals surface area contributed by atoms with Crippen LogP contribution in [0.15, 0.2) is 33.5 Å². The summed E-state index contributed by atoms with van der Waals surface area (Å²) in [6.45, 7) is 9.26. The van der Waals surface area contributed by atoms with Crippen molar-refractivity contribution in [3.05, 3.63) is 51.4 Å². The van der Waals surface area contributed by atoms with E-state index >= 15 is 0 Å². The lowest BCUT2D eigenvalue weighted by atomic mass is 9.95. The molecule has 0 spiro atoms. The summed E-state index contributed by atoms with van der Waals surface area (Å²) in [5.41, 5.74) is 0.505. The molecule has 0 bridgehead atoms. The molecule has 3 rings (SSSR count). The van der Waals surface area contributed by atoms with Crippen molar-refractivity contribution in [1.82, 2.24) is 5.32 Å². The smallest absolute Gasteiger partial charge is 0.328 e. The first-order chi connectivity index (χ1) is 17.4. The molecule has 37 heavy (non-hydrogen) atoms. The molecule has 0 unspecified atom stereocenters. The number of amides is 1. The first kappa shape index (κ1) is 27.6. The van der Waals surface area contributed by atoms with E-state index in [2.05, 4.69) is 5.32 Å². The molecule has 0 saturated heterocycles. The van der Waals surface area contributed by atoms with Crippen molar-refractivity contribution in [1.29, 1.82) is 0 Å². The van der Waals surface area contributed by atoms with Gasteiger partial charge < -0.3 is 29.8 Å². The maximum Gasteiger partial charge on any atom is 0.328 e. The van der Waals surface area contributed by atoms with Crippen molar-refractivity contribution in [3.8, 4) is 28.4 Å². The third-order valence-electron chi connectivity index (χ3n) is 6.08. The van der Waals surface area contributed by atoms with Gasteiger partial charge in [-0.1, -0.05) is 39.8 Å². The van der Waals surface area contributed by atoms with E-state index < -0.39 is 40.6 Å². The number of phenols is 3. The Morgan fingerprint density at radius 3 is 2.14 bits per heavy atom. The molecule has 0 aliphatic carbocycles. The minimum atomic E-state index is -0.793. The Morgan fingerprint density at radius 2 is 1.59 bits per heavy atom. The van der Waals surface area contributed by atoms with Gasteiger partial charge in [0.1, 0.15) is 22.8 Å². The van der Waals surface area contributed by atoms with Gasteiger partial charge in [0, 0.05) is 11.1 Å². The van der Waals surface area contributed by atoms with Crippen LogP contribution in [-0.2, 0) is 16.0 Å². The van der Waals surface area contributed by atoms with Crippen LogP contribution >= 0.6 is 0 Å². The molecule has 1 amide bonds. The zero-order valence-electron chi connectivity index (χ0n) is 21.8. The van der Waals surface area contributed by atoms with Crippen molar-refractivity contribution in [2.45, 2.75) is 53.5 Å². The van der Waals surface area contributed by atoms with Gasteiger partial charge in [0.15, 0.2) is 11.5 Å². The van der Waals surface area contributed by atoms with Crippen LogP contribution in [0.5, 0.6) is 17.2 Å². The molecule has 0 aliphatic heterocycles. The summed E-state index contributed by atoms with van der Waals surface area (Å²) in [4.78, 5) is 38.3. The van der Waals surface area contributed by atoms with E-state index in [9.17, 15) is 29.7 Å². The fourth-order valence-corrected chi connectivity index (χ4v) is 4.34. The van der Waals surface area contributed by atoms with Crippen LogP contribution in [0.4, 0.5) is 0 Å². The summed E-state index contributed by atoms with van der Waals surface area (Å²) >= 11 is 0. The van der Waals surface area contributed by atoms with E-state index in [1.165, 1.54) is 19.2 Å². The Kier molecular flexibility index (Phi) is 8.15. The Labute approximate surface area is 214 Å². The number of esters is 1. The number of carbonyl (C=O) groups excluding carboxylic acids is 2. The standard InChI is InChI=1S/C28H33NO8/c1-13(2)11-18-22(30)25(33)24(32)21-23(31)20(15(5)37-26(18)21)16-7-9-17(10-8-16)27(34)29-19(12-14(3)4)28(35)36-6/h7-10,13-14,19,30,32-33H,11-12H2,1-6H3,(H,29,34)/t19-/m1/s1. The average Bonchev–Trinajstić information content (AvgIpc) is 2.84. The van der Waals surface area contributed by atoms with E-state index in [1.54, 1.807) is 19.1 Å². The zero-order valence-corrected chi connectivity index (χ0v) is 21.8. The second-order valence-corrected chi connectivity index (χ2v) is 9.94. The van der Waals surface area contributed by atoms with Crippen molar-refractivity contribution in [3.63, 3.8) is 0 Å². The summed E-state index contributed by atoms with van der Waals surface area (Å²) in [6, 6.07) is 5.34. The van der Waals surface area contributed by atoms with Gasteiger partial charge in [0.05, 0.1) is 12.7 Å². The van der Waals surface area contributed by atoms with E-state index in [4.69, 9.17) is 9.15 Å². The third kappa shape index (κ3) is 5.55. The SMILES string of the molecule is COC(=O)[C@@H](CC(C)C)NC(=O)c1ccc(-c2c(C)oc3c(CC(C)C)c(O)c(O)c(O)c3c2=O)cc1. The second-order valence-electron chi connectivity index (χ2n) is 9.94. The first-order valence-corrected chi connectivity index (χ1v) is 12.1. The summed E-state index contributed by atoms with van der Waals surface area (Å²) in [5, 5.41) is 33.6. The molecule has 9 nitrogen and oxygen atoms in total. The lowest BCUT2D eigenvalue weighted by Gasteiger charge is -2.18. The zero-order chi connectivity index (χ0) is 27.6. The largest absolute Gasteiger partial charge is 0.504 e. The predicted molar refractivity (Wildman–Crippen MR) is 139 cm³/mol. The fourth-order valence-electron chi connectivity index (χ4n) is 4.34. The second kappa shape index (κ2) is 10.9. The van der Waals surface area contributed by atoms with Crippen LogP contribution in [0, 0.1) is 18.8 Å². The average molecular weight is 512 g/mol. The molecule has 2 aromatic carbocycles. The Bertz CT molecular complexity index is 1390.